The first-order chi connectivity index (χ1) is 8.34. The number of rotatable bonds is 2. The van der Waals surface area contributed by atoms with E-state index >= 15 is 0 Å². The molecule has 3 heterocycles. The first-order valence-corrected chi connectivity index (χ1v) is 6.63. The second-order valence-electron chi connectivity index (χ2n) is 4.42. The maximum absolute atomic E-state index is 12.0. The molecule has 1 amide bonds. The Labute approximate surface area is 104 Å². The first kappa shape index (κ1) is 11.1. The van der Waals surface area contributed by atoms with Crippen LogP contribution in [0.3, 0.4) is 0 Å². The summed E-state index contributed by atoms with van der Waals surface area (Å²) in [6, 6.07) is 0.678. The summed E-state index contributed by atoms with van der Waals surface area (Å²) in [5.41, 5.74) is 0. The van der Waals surface area contributed by atoms with Crippen molar-refractivity contribution in [2.45, 2.75) is 6.04 Å². The molecule has 0 spiro atoms. The van der Waals surface area contributed by atoms with E-state index in [2.05, 4.69) is 19.8 Å². The van der Waals surface area contributed by atoms with Gasteiger partial charge in [0, 0.05) is 45.3 Å². The van der Waals surface area contributed by atoms with Crippen molar-refractivity contribution >= 4 is 17.4 Å². The molecule has 2 saturated heterocycles. The van der Waals surface area contributed by atoms with Gasteiger partial charge in [-0.15, -0.1) is 5.10 Å². The maximum atomic E-state index is 12.0. The molecular formula is C10H15N5OS. The molecule has 2 aliphatic rings. The third kappa shape index (κ3) is 2.18. The first-order valence-electron chi connectivity index (χ1n) is 5.86. The van der Waals surface area contributed by atoms with Crippen molar-refractivity contribution in [2.24, 2.45) is 0 Å². The molecule has 1 N–H and O–H groups in total. The number of nitrogens with one attached hydrogen (secondary N) is 1. The fourth-order valence-electron chi connectivity index (χ4n) is 2.24. The van der Waals surface area contributed by atoms with Crippen LogP contribution in [-0.4, -0.2) is 70.6 Å². The molecule has 2 fully saturated rings. The molecule has 0 aromatic carbocycles. The summed E-state index contributed by atoms with van der Waals surface area (Å²) in [6.07, 6.45) is 1.55. The summed E-state index contributed by atoms with van der Waals surface area (Å²) in [6.45, 7) is 5.76. The van der Waals surface area contributed by atoms with Gasteiger partial charge in [-0.1, -0.05) is 4.49 Å². The van der Waals surface area contributed by atoms with Crippen LogP contribution in [0.5, 0.6) is 0 Å². The molecule has 1 aromatic heterocycles. The Balaban J connectivity index is 1.55. The highest BCUT2D eigenvalue weighted by Crippen LogP contribution is 2.13. The Hall–Kier alpha value is -1.05. The summed E-state index contributed by atoms with van der Waals surface area (Å²) in [5, 5.41) is 6.98. The van der Waals surface area contributed by atoms with E-state index in [-0.39, 0.29) is 5.91 Å². The molecule has 3 rings (SSSR count). The molecule has 0 saturated carbocycles. The van der Waals surface area contributed by atoms with Crippen molar-refractivity contribution in [3.8, 4) is 0 Å². The van der Waals surface area contributed by atoms with Crippen molar-refractivity contribution in [1.29, 1.82) is 0 Å². The van der Waals surface area contributed by atoms with Gasteiger partial charge in [0.1, 0.15) is 4.88 Å². The lowest BCUT2D eigenvalue weighted by molar-refractivity contribution is 0.0506. The van der Waals surface area contributed by atoms with Crippen molar-refractivity contribution < 1.29 is 4.79 Å². The second kappa shape index (κ2) is 4.67. The number of hydrogen-bond acceptors (Lipinski definition) is 6. The van der Waals surface area contributed by atoms with Crippen LogP contribution in [0.2, 0.25) is 0 Å². The Kier molecular flexibility index (Phi) is 3.04. The van der Waals surface area contributed by atoms with E-state index in [1.807, 2.05) is 4.90 Å². The van der Waals surface area contributed by atoms with Gasteiger partial charge >= 0.3 is 0 Å². The molecule has 1 aromatic rings. The molecule has 0 radical (unpaired) electrons. The predicted octanol–water partition coefficient (Wildman–Crippen LogP) is -0.732. The average molecular weight is 253 g/mol. The summed E-state index contributed by atoms with van der Waals surface area (Å²) in [7, 11) is 0. The molecule has 17 heavy (non-hydrogen) atoms. The smallest absolute Gasteiger partial charge is 0.267 e. The largest absolute Gasteiger partial charge is 0.335 e. The molecule has 0 aliphatic carbocycles. The fraction of sp³-hybridized carbons (Fsp3) is 0.700. The maximum Gasteiger partial charge on any atom is 0.267 e. The van der Waals surface area contributed by atoms with Gasteiger partial charge in [0.25, 0.3) is 5.91 Å². The Morgan fingerprint density at radius 2 is 2.12 bits per heavy atom. The molecule has 2 aliphatic heterocycles. The highest BCUT2D eigenvalue weighted by atomic mass is 32.1. The van der Waals surface area contributed by atoms with Crippen LogP contribution < -0.4 is 5.32 Å². The number of aromatic nitrogens is 2. The number of carbonyl (C=O) groups excluding carboxylic acids is 1. The minimum absolute atomic E-state index is 0.0754. The van der Waals surface area contributed by atoms with Crippen LogP contribution in [0.15, 0.2) is 6.20 Å². The van der Waals surface area contributed by atoms with Gasteiger partial charge in [-0.3, -0.25) is 9.69 Å². The van der Waals surface area contributed by atoms with Crippen molar-refractivity contribution in [1.82, 2.24) is 24.7 Å². The van der Waals surface area contributed by atoms with Gasteiger partial charge in [-0.25, -0.2) is 0 Å². The number of amides is 1. The summed E-state index contributed by atoms with van der Waals surface area (Å²) in [5.74, 6) is 0.0754. The van der Waals surface area contributed by atoms with Crippen LogP contribution in [-0.2, 0) is 0 Å². The van der Waals surface area contributed by atoms with E-state index in [0.717, 1.165) is 39.3 Å². The molecule has 6 nitrogen and oxygen atoms in total. The third-order valence-electron chi connectivity index (χ3n) is 3.45. The minimum Gasteiger partial charge on any atom is -0.335 e. The lowest BCUT2D eigenvalue weighted by atomic mass is 10.1. The van der Waals surface area contributed by atoms with Gasteiger partial charge in [0.05, 0.1) is 6.20 Å². The van der Waals surface area contributed by atoms with E-state index < -0.39 is 0 Å². The zero-order valence-electron chi connectivity index (χ0n) is 9.50. The summed E-state index contributed by atoms with van der Waals surface area (Å²) < 4.78 is 3.73. The molecule has 0 atom stereocenters. The summed E-state index contributed by atoms with van der Waals surface area (Å²) >= 11 is 1.17. The van der Waals surface area contributed by atoms with Crippen LogP contribution in [0, 0.1) is 0 Å². The standard InChI is InChI=1S/C10H15N5OS/c16-10(9-7-12-13-17-9)15-3-1-14(2-4-15)8-5-11-6-8/h7-8,11H,1-6H2. The van der Waals surface area contributed by atoms with Crippen LogP contribution >= 0.6 is 11.5 Å². The van der Waals surface area contributed by atoms with Gasteiger partial charge < -0.3 is 10.2 Å². The van der Waals surface area contributed by atoms with E-state index in [9.17, 15) is 4.79 Å². The monoisotopic (exact) mass is 253 g/mol. The SMILES string of the molecule is O=C(c1cnns1)N1CCN(C2CNC2)CC1. The van der Waals surface area contributed by atoms with Crippen molar-refractivity contribution in [2.75, 3.05) is 39.3 Å². The highest BCUT2D eigenvalue weighted by Gasteiger charge is 2.29. The number of carbonyl (C=O) groups is 1. The fourth-order valence-corrected chi connectivity index (χ4v) is 2.72. The quantitative estimate of drug-likeness (QED) is 0.753. The van der Waals surface area contributed by atoms with Crippen molar-refractivity contribution in [3.05, 3.63) is 11.1 Å². The van der Waals surface area contributed by atoms with Crippen LogP contribution in [0.1, 0.15) is 9.67 Å². The van der Waals surface area contributed by atoms with Gasteiger partial charge in [0.2, 0.25) is 0 Å². The van der Waals surface area contributed by atoms with Gasteiger partial charge in [-0.2, -0.15) is 0 Å². The van der Waals surface area contributed by atoms with Gasteiger partial charge in [-0.05, 0) is 11.5 Å². The normalized spacial score (nSPS) is 22.5. The lowest BCUT2D eigenvalue weighted by Gasteiger charge is -2.43. The minimum atomic E-state index is 0.0754. The Morgan fingerprint density at radius 3 is 2.65 bits per heavy atom. The van der Waals surface area contributed by atoms with Crippen LogP contribution in [0.25, 0.3) is 0 Å². The third-order valence-corrected chi connectivity index (χ3v) is 4.10. The zero-order valence-corrected chi connectivity index (χ0v) is 10.3. The van der Waals surface area contributed by atoms with E-state index in [1.165, 1.54) is 11.5 Å². The molecule has 0 bridgehead atoms. The topological polar surface area (TPSA) is 61.4 Å². The van der Waals surface area contributed by atoms with E-state index in [0.29, 0.717) is 10.9 Å². The molecule has 0 unspecified atom stereocenters. The predicted molar refractivity (Wildman–Crippen MR) is 64.0 cm³/mol. The highest BCUT2D eigenvalue weighted by molar-refractivity contribution is 7.07. The summed E-state index contributed by atoms with van der Waals surface area (Å²) in [4.78, 5) is 17.1. The zero-order chi connectivity index (χ0) is 11.7. The van der Waals surface area contributed by atoms with Gasteiger partial charge in [0.15, 0.2) is 0 Å². The number of hydrogen-bond donors (Lipinski definition) is 1. The van der Waals surface area contributed by atoms with Crippen LogP contribution in [0.4, 0.5) is 0 Å². The Morgan fingerprint density at radius 1 is 1.35 bits per heavy atom. The van der Waals surface area contributed by atoms with E-state index in [1.54, 1.807) is 6.20 Å². The number of piperazine rings is 1. The molecule has 92 valence electrons. The second-order valence-corrected chi connectivity index (χ2v) is 5.21. The average Bonchev–Trinajstić information content (AvgIpc) is 2.80. The Bertz CT molecular complexity index is 383. The number of nitrogens with zero attached hydrogens (tertiary/aromatic N) is 4. The lowest BCUT2D eigenvalue weighted by Crippen LogP contribution is -2.62. The molecular weight excluding hydrogens is 238 g/mol. The van der Waals surface area contributed by atoms with E-state index in [4.69, 9.17) is 0 Å². The molecule has 7 heteroatoms. The van der Waals surface area contributed by atoms with Crippen molar-refractivity contribution in [3.63, 3.8) is 0 Å².